The number of esters is 4. The van der Waals surface area contributed by atoms with E-state index in [0.29, 0.717) is 33.4 Å². The van der Waals surface area contributed by atoms with Crippen LogP contribution in [0.4, 0.5) is 5.13 Å². The smallest absolute Gasteiger partial charge is 0.369 e. The molecule has 16 rings (SSSR count). The van der Waals surface area contributed by atoms with Gasteiger partial charge in [0.2, 0.25) is 26.8 Å². The van der Waals surface area contributed by atoms with Gasteiger partial charge in [0.25, 0.3) is 0 Å². The van der Waals surface area contributed by atoms with Gasteiger partial charge in [0.1, 0.15) is 43.6 Å². The number of nitrogens with zero attached hydrogens (tertiary/aromatic N) is 3. The third-order valence-corrected chi connectivity index (χ3v) is 19.6. The highest BCUT2D eigenvalue weighted by atomic mass is 32.2. The zero-order valence-corrected chi connectivity index (χ0v) is 51.9. The molecule has 3 aliphatic heterocycles. The highest BCUT2D eigenvalue weighted by molar-refractivity contribution is 8.04. The third-order valence-electron chi connectivity index (χ3n) is 17.5. The number of hydrogen-bond donors (Lipinski definition) is 1. The van der Waals surface area contributed by atoms with E-state index in [2.05, 4.69) is 10.3 Å². The number of benzene rings is 8. The Morgan fingerprint density at radius 1 is 0.458 bits per heavy atom. The molecule has 5 aliphatic rings. The molecule has 96 heavy (non-hydrogen) atoms. The first-order valence-corrected chi connectivity index (χ1v) is 32.2. The lowest BCUT2D eigenvalue weighted by Gasteiger charge is -2.40. The zero-order chi connectivity index (χ0) is 65.4. The molecule has 10 aromatic carbocycles. The molecule has 3 unspecified atom stereocenters. The van der Waals surface area contributed by atoms with E-state index in [9.17, 15) is 19.2 Å². The summed E-state index contributed by atoms with van der Waals surface area (Å²) in [6.07, 6.45) is 6.96. The maximum absolute atomic E-state index is 15.4. The van der Waals surface area contributed by atoms with E-state index in [1.165, 1.54) is 0 Å². The molecule has 0 spiro atoms. The Kier molecular flexibility index (Phi) is 14.6. The van der Waals surface area contributed by atoms with Crippen LogP contribution in [0.1, 0.15) is 32.8 Å². The largest absolute Gasteiger partial charge is 0.458 e. The van der Waals surface area contributed by atoms with Crippen LogP contribution in [0.25, 0.3) is 48.7 Å². The topological polar surface area (TPSA) is 242 Å². The molecule has 4 heterocycles. The summed E-state index contributed by atoms with van der Waals surface area (Å²) in [4.78, 5) is 133. The number of carbonyl (C=O) groups is 4. The summed E-state index contributed by atoms with van der Waals surface area (Å²) in [6.45, 7) is -1.21. The molecule has 2 aliphatic carbocycles. The summed E-state index contributed by atoms with van der Waals surface area (Å²) in [5.74, 6) is -6.16. The number of aromatic nitrogens is 1. The van der Waals surface area contributed by atoms with Gasteiger partial charge in [-0.15, -0.1) is 0 Å². The van der Waals surface area contributed by atoms with Crippen molar-refractivity contribution in [3.05, 3.63) is 331 Å². The van der Waals surface area contributed by atoms with E-state index in [-0.39, 0.29) is 91.2 Å². The van der Waals surface area contributed by atoms with Crippen molar-refractivity contribution in [3.8, 4) is 0 Å². The molecule has 0 saturated heterocycles. The SMILES string of the molecule is O=C(OCc1ccccc1)C1(C(=O)OCc2ccccc2)OC2=CC3C=C4C(=CC3C=C2C2=C1NC(N=c1c(=O)c3cc5ccccc5cc3c1=O)S2)OC(C(=O)OCc1ccccc1)(C(=O)OCc1ccccc1)c1nc(N=c2c(=O)c3cc5ccccc5cc3c2=O)sc14. The van der Waals surface area contributed by atoms with Gasteiger partial charge in [0, 0.05) is 49.4 Å². The molecule has 18 nitrogen and oxygen atoms in total. The molecule has 0 fully saturated rings. The van der Waals surface area contributed by atoms with Crippen LogP contribution < -0.4 is 37.7 Å². The molecule has 0 saturated carbocycles. The van der Waals surface area contributed by atoms with Gasteiger partial charge >= 0.3 is 35.1 Å². The Labute approximate surface area is 551 Å². The molecule has 0 radical (unpaired) electrons. The number of allylic oxidation sites excluding steroid dienone is 6. The molecule has 3 atom stereocenters. The monoisotopic (exact) mass is 1300 g/mol. The number of thiazole rings is 1. The van der Waals surface area contributed by atoms with Crippen LogP contribution >= 0.6 is 23.1 Å². The van der Waals surface area contributed by atoms with Gasteiger partial charge in [-0.3, -0.25) is 19.2 Å². The van der Waals surface area contributed by atoms with E-state index in [4.69, 9.17) is 38.4 Å². The summed E-state index contributed by atoms with van der Waals surface area (Å²) in [5, 5.41) is 5.79. The van der Waals surface area contributed by atoms with Crippen molar-refractivity contribution in [2.45, 2.75) is 43.1 Å². The fourth-order valence-electron chi connectivity index (χ4n) is 12.7. The van der Waals surface area contributed by atoms with Crippen molar-refractivity contribution in [2.24, 2.45) is 21.8 Å². The van der Waals surface area contributed by atoms with Crippen molar-refractivity contribution >= 4 is 101 Å². The summed E-state index contributed by atoms with van der Waals surface area (Å²) >= 11 is 1.90. The van der Waals surface area contributed by atoms with Crippen LogP contribution in [0.5, 0.6) is 0 Å². The second kappa shape index (κ2) is 23.7. The second-order valence-electron chi connectivity index (χ2n) is 23.4. The van der Waals surface area contributed by atoms with Crippen LogP contribution in [-0.4, -0.2) is 40.0 Å². The summed E-state index contributed by atoms with van der Waals surface area (Å²) in [7, 11) is 0. The lowest BCUT2D eigenvalue weighted by Crippen LogP contribution is -2.57. The van der Waals surface area contributed by atoms with E-state index in [0.717, 1.165) is 44.6 Å². The van der Waals surface area contributed by atoms with Gasteiger partial charge in [-0.1, -0.05) is 205 Å². The molecular formula is C76H48N4O14S2. The van der Waals surface area contributed by atoms with Crippen LogP contribution in [0.2, 0.25) is 0 Å². The quantitative estimate of drug-likeness (QED) is 0.0605. The van der Waals surface area contributed by atoms with Crippen molar-refractivity contribution in [1.29, 1.82) is 0 Å². The lowest BCUT2D eigenvalue weighted by molar-refractivity contribution is -0.190. The molecule has 468 valence electrons. The van der Waals surface area contributed by atoms with Crippen LogP contribution in [0.15, 0.2) is 275 Å². The summed E-state index contributed by atoms with van der Waals surface area (Å²) in [5.41, 5.74) is -6.78. The van der Waals surface area contributed by atoms with Gasteiger partial charge in [0.15, 0.2) is 16.2 Å². The highest BCUT2D eigenvalue weighted by Gasteiger charge is 2.64. The number of fused-ring (bicyclic) bond motifs is 10. The molecule has 20 heteroatoms. The first kappa shape index (κ1) is 59.3. The number of nitrogens with one attached hydrogen (secondary N) is 1. The Bertz CT molecular complexity index is 5400. The van der Waals surface area contributed by atoms with E-state index < -0.39 is 79.5 Å². The minimum atomic E-state index is -2.81. The van der Waals surface area contributed by atoms with Crippen molar-refractivity contribution in [2.75, 3.05) is 0 Å². The van der Waals surface area contributed by atoms with Gasteiger partial charge in [-0.05, 0) is 80.2 Å². The Balaban J connectivity index is 0.857. The number of rotatable bonds is 14. The van der Waals surface area contributed by atoms with Crippen molar-refractivity contribution < 1.29 is 47.6 Å². The highest BCUT2D eigenvalue weighted by Crippen LogP contribution is 2.56. The van der Waals surface area contributed by atoms with Crippen LogP contribution in [0, 0.1) is 11.8 Å². The minimum Gasteiger partial charge on any atom is -0.458 e. The maximum Gasteiger partial charge on any atom is 0.369 e. The molecule has 11 aromatic rings. The lowest BCUT2D eigenvalue weighted by atomic mass is 9.76. The number of thioether (sulfide) groups is 1. The van der Waals surface area contributed by atoms with Crippen molar-refractivity contribution in [1.82, 2.24) is 10.3 Å². The summed E-state index contributed by atoms with van der Waals surface area (Å²) < 4.78 is 38.0. The molecule has 1 N–H and O–H groups in total. The fraction of sp³-hybridized carbons (Fsp3) is 0.118. The molecular weight excluding hydrogens is 1260 g/mol. The average Bonchev–Trinajstić information content (AvgIpc) is 1.32. The van der Waals surface area contributed by atoms with Gasteiger partial charge in [-0.25, -0.2) is 34.1 Å². The zero-order valence-electron chi connectivity index (χ0n) is 50.2. The Hall–Kier alpha value is -11.7. The molecule has 1 aromatic heterocycles. The van der Waals surface area contributed by atoms with E-state index in [1.807, 2.05) is 48.5 Å². The Morgan fingerprint density at radius 3 is 1.25 bits per heavy atom. The van der Waals surface area contributed by atoms with Gasteiger partial charge in [-0.2, -0.15) is 0 Å². The van der Waals surface area contributed by atoms with Crippen molar-refractivity contribution in [3.63, 3.8) is 0 Å². The number of hydrogen-bond acceptors (Lipinski definition) is 20. The normalized spacial score (nSPS) is 17.7. The van der Waals surface area contributed by atoms with Gasteiger partial charge < -0.3 is 33.7 Å². The minimum absolute atomic E-state index is 0.00181. The second-order valence-corrected chi connectivity index (χ2v) is 25.5. The predicted octanol–water partition coefficient (Wildman–Crippen LogP) is 9.92. The van der Waals surface area contributed by atoms with Crippen LogP contribution in [-0.2, 0) is 79.6 Å². The van der Waals surface area contributed by atoms with Gasteiger partial charge in [0.05, 0.1) is 10.6 Å². The first-order valence-electron chi connectivity index (χ1n) is 30.5. The summed E-state index contributed by atoms with van der Waals surface area (Å²) in [6, 6.07) is 56.4. The first-order chi connectivity index (χ1) is 46.8. The predicted molar refractivity (Wildman–Crippen MR) is 358 cm³/mol. The van der Waals surface area contributed by atoms with E-state index in [1.54, 1.807) is 170 Å². The fourth-order valence-corrected chi connectivity index (χ4v) is 14.9. The maximum atomic E-state index is 15.4. The van der Waals surface area contributed by atoms with Crippen LogP contribution in [0.3, 0.4) is 0 Å². The Morgan fingerprint density at radius 2 is 0.823 bits per heavy atom. The average molecular weight is 1310 g/mol. The number of ether oxygens (including phenoxy) is 6. The molecule has 0 bridgehead atoms. The number of carbonyl (C=O) groups excluding carboxylic acids is 4. The third kappa shape index (κ3) is 10.1. The molecule has 0 amide bonds. The standard InChI is InChI=1S/C76H48N4O14S2/c81-61-51-29-45-25-13-14-26-46(45)30-52(51)62(82)59(61)77-73-79-67-65(95-73)55-33-50-36-58-56(34-49(50)35-57(55)93-75(67,69(85)89-37-41-17-5-1-6-18-41)70(86)90-38-42-19-7-2-8-20-42)66-68(80-74(96-66)78-60-63(83)53-31-47-27-15-16-28-48(47)32-54(53)64(60)84)76(94-58,71(87)91-39-43-21-9-3-10-22-43)72(88)92-40-44-23-11-4-12-24-44/h1-36,49-50,73,79H,37-40H2. The van der Waals surface area contributed by atoms with E-state index >= 15 is 19.2 Å².